The lowest BCUT2D eigenvalue weighted by Gasteiger charge is -2.21. The van der Waals surface area contributed by atoms with E-state index in [2.05, 4.69) is 196 Å². The van der Waals surface area contributed by atoms with E-state index in [0.29, 0.717) is 5.82 Å². The number of benzene rings is 8. The second-order valence-corrected chi connectivity index (χ2v) is 15.0. The lowest BCUT2D eigenvalue weighted by Crippen LogP contribution is -2.14. The average Bonchev–Trinajstić information content (AvgIpc) is 3.50. The van der Waals surface area contributed by atoms with Gasteiger partial charge in [-0.05, 0) is 84.6 Å². The van der Waals surface area contributed by atoms with E-state index in [-0.39, 0.29) is 5.41 Å². The average molecular weight is 703 g/mol. The van der Waals surface area contributed by atoms with Crippen molar-refractivity contribution in [2.24, 2.45) is 0 Å². The Labute approximate surface area is 322 Å². The van der Waals surface area contributed by atoms with Crippen LogP contribution in [0.4, 0.5) is 0 Å². The fraction of sp³-hybridized carbons (Fsp3) is 0.0566. The normalized spacial score (nSPS) is 12.7. The molecule has 1 aliphatic rings. The molecule has 9 aromatic rings. The van der Waals surface area contributed by atoms with Crippen molar-refractivity contribution < 1.29 is 0 Å². The third kappa shape index (κ3) is 5.75. The summed E-state index contributed by atoms with van der Waals surface area (Å²) in [5.74, 6) is 0.707. The fourth-order valence-corrected chi connectivity index (χ4v) is 8.44. The van der Waals surface area contributed by atoms with Crippen LogP contribution in [0.3, 0.4) is 0 Å². The first kappa shape index (κ1) is 32.7. The van der Waals surface area contributed by atoms with Gasteiger partial charge < -0.3 is 0 Å². The van der Waals surface area contributed by atoms with Crippen LogP contribution >= 0.6 is 0 Å². The smallest absolute Gasteiger partial charge is 0.160 e. The van der Waals surface area contributed by atoms with E-state index in [0.717, 1.165) is 39.2 Å². The molecule has 1 aromatic heterocycles. The molecule has 2 nitrogen and oxygen atoms in total. The topological polar surface area (TPSA) is 25.8 Å². The summed E-state index contributed by atoms with van der Waals surface area (Å²) in [5.41, 5.74) is 17.5. The van der Waals surface area contributed by atoms with Gasteiger partial charge in [-0.15, -0.1) is 0 Å². The first-order valence-corrected chi connectivity index (χ1v) is 19.0. The number of nitrogens with zero attached hydrogens (tertiary/aromatic N) is 2. The number of rotatable bonds is 6. The van der Waals surface area contributed by atoms with Gasteiger partial charge in [-0.3, -0.25) is 0 Å². The van der Waals surface area contributed by atoms with Crippen molar-refractivity contribution in [1.29, 1.82) is 0 Å². The summed E-state index contributed by atoms with van der Waals surface area (Å²) in [4.78, 5) is 10.3. The fourth-order valence-electron chi connectivity index (χ4n) is 8.44. The molecule has 0 saturated heterocycles. The molecule has 0 N–H and O–H groups in total. The Hall–Kier alpha value is -6.90. The van der Waals surface area contributed by atoms with Gasteiger partial charge in [0.15, 0.2) is 5.82 Å². The third-order valence-electron chi connectivity index (χ3n) is 11.3. The molecule has 0 spiro atoms. The van der Waals surface area contributed by atoms with E-state index in [1.54, 1.807) is 0 Å². The summed E-state index contributed by atoms with van der Waals surface area (Å²) < 4.78 is 0. The highest BCUT2D eigenvalue weighted by Gasteiger charge is 2.37. The van der Waals surface area contributed by atoms with Crippen molar-refractivity contribution in [3.8, 4) is 78.4 Å². The molecular formula is C53H38N2. The zero-order chi connectivity index (χ0) is 36.9. The molecule has 0 fully saturated rings. The van der Waals surface area contributed by atoms with Gasteiger partial charge in [0.25, 0.3) is 0 Å². The first-order chi connectivity index (χ1) is 27.0. The Balaban J connectivity index is 1.03. The summed E-state index contributed by atoms with van der Waals surface area (Å²) in [5, 5.41) is 2.60. The van der Waals surface area contributed by atoms with Crippen molar-refractivity contribution in [1.82, 2.24) is 9.97 Å². The molecule has 55 heavy (non-hydrogen) atoms. The maximum atomic E-state index is 5.16. The Morgan fingerprint density at radius 2 is 0.855 bits per heavy atom. The third-order valence-corrected chi connectivity index (χ3v) is 11.3. The van der Waals surface area contributed by atoms with Crippen LogP contribution in [0.25, 0.3) is 89.2 Å². The largest absolute Gasteiger partial charge is 0.228 e. The zero-order valence-electron chi connectivity index (χ0n) is 30.9. The van der Waals surface area contributed by atoms with Gasteiger partial charge in [0.05, 0.1) is 11.4 Å². The summed E-state index contributed by atoms with van der Waals surface area (Å²) >= 11 is 0. The Morgan fingerprint density at radius 3 is 1.58 bits per heavy atom. The van der Waals surface area contributed by atoms with Crippen LogP contribution in [-0.4, -0.2) is 9.97 Å². The molecular weight excluding hydrogens is 665 g/mol. The SMILES string of the molecule is CC1(C)c2cccc(-c3cccc(-c4ccc(-c5cc(-c6ccccc6)nc(-c6cccc(-c7ccccc7)c6)n5)cc4)c3)c2-c2c1ccc1ccccc21. The van der Waals surface area contributed by atoms with Crippen molar-refractivity contribution in [2.75, 3.05) is 0 Å². The summed E-state index contributed by atoms with van der Waals surface area (Å²) in [6.45, 7) is 4.72. The van der Waals surface area contributed by atoms with Crippen molar-refractivity contribution in [2.45, 2.75) is 19.3 Å². The van der Waals surface area contributed by atoms with Gasteiger partial charge >= 0.3 is 0 Å². The number of hydrogen-bond donors (Lipinski definition) is 0. The number of aromatic nitrogens is 2. The summed E-state index contributed by atoms with van der Waals surface area (Å²) in [6, 6.07) is 69.5. The maximum absolute atomic E-state index is 5.16. The quantitative estimate of drug-likeness (QED) is 0.172. The molecule has 8 aromatic carbocycles. The molecule has 0 aliphatic heterocycles. The van der Waals surface area contributed by atoms with Gasteiger partial charge in [0, 0.05) is 22.1 Å². The summed E-state index contributed by atoms with van der Waals surface area (Å²) in [7, 11) is 0. The van der Waals surface area contributed by atoms with Gasteiger partial charge in [-0.25, -0.2) is 9.97 Å². The van der Waals surface area contributed by atoms with Crippen LogP contribution in [0.15, 0.2) is 194 Å². The minimum Gasteiger partial charge on any atom is -0.228 e. The standard InChI is InChI=1S/C53H38N2/c1-53(2)46-25-13-24-45(51(46)50-44-23-10-9-16-37(44)30-31-47(50)53)42-21-11-19-40(32-42)36-26-28-39(29-27-36)49-34-48(38-17-7-4-8-18-38)54-52(55-49)43-22-12-20-41(33-43)35-14-5-3-6-15-35/h3-34H,1-2H3. The van der Waals surface area contributed by atoms with E-state index < -0.39 is 0 Å². The molecule has 0 radical (unpaired) electrons. The monoisotopic (exact) mass is 702 g/mol. The minimum absolute atomic E-state index is 0.0793. The van der Waals surface area contributed by atoms with E-state index in [4.69, 9.17) is 9.97 Å². The molecule has 0 atom stereocenters. The maximum Gasteiger partial charge on any atom is 0.160 e. The number of hydrogen-bond acceptors (Lipinski definition) is 2. The molecule has 2 heteroatoms. The van der Waals surface area contributed by atoms with Gasteiger partial charge in [0.2, 0.25) is 0 Å². The zero-order valence-corrected chi connectivity index (χ0v) is 30.9. The van der Waals surface area contributed by atoms with Crippen molar-refractivity contribution in [3.05, 3.63) is 205 Å². The molecule has 0 bridgehead atoms. The molecule has 1 aliphatic carbocycles. The van der Waals surface area contributed by atoms with Crippen LogP contribution in [0.5, 0.6) is 0 Å². The molecule has 10 rings (SSSR count). The van der Waals surface area contributed by atoms with Gasteiger partial charge in [-0.2, -0.15) is 0 Å². The lowest BCUT2D eigenvalue weighted by molar-refractivity contribution is 0.661. The second kappa shape index (κ2) is 13.2. The Kier molecular flexibility index (Phi) is 7.85. The molecule has 0 amide bonds. The second-order valence-electron chi connectivity index (χ2n) is 15.0. The molecule has 0 saturated carbocycles. The molecule has 0 unspecified atom stereocenters. The predicted octanol–water partition coefficient (Wildman–Crippen LogP) is 13.9. The highest BCUT2D eigenvalue weighted by Crippen LogP contribution is 2.54. The van der Waals surface area contributed by atoms with E-state index in [9.17, 15) is 0 Å². The van der Waals surface area contributed by atoms with Gasteiger partial charge in [0.1, 0.15) is 0 Å². The van der Waals surface area contributed by atoms with Crippen LogP contribution < -0.4 is 0 Å². The minimum atomic E-state index is -0.0793. The van der Waals surface area contributed by atoms with Gasteiger partial charge in [-0.1, -0.05) is 190 Å². The van der Waals surface area contributed by atoms with Crippen molar-refractivity contribution >= 4 is 10.8 Å². The van der Waals surface area contributed by atoms with E-state index in [1.807, 2.05) is 12.1 Å². The highest BCUT2D eigenvalue weighted by molar-refractivity contribution is 6.06. The van der Waals surface area contributed by atoms with E-state index >= 15 is 0 Å². The highest BCUT2D eigenvalue weighted by atomic mass is 14.9. The van der Waals surface area contributed by atoms with Crippen LogP contribution in [0.1, 0.15) is 25.0 Å². The Bertz CT molecular complexity index is 2870. The van der Waals surface area contributed by atoms with Crippen LogP contribution in [0.2, 0.25) is 0 Å². The first-order valence-electron chi connectivity index (χ1n) is 19.0. The van der Waals surface area contributed by atoms with E-state index in [1.165, 1.54) is 55.3 Å². The lowest BCUT2D eigenvalue weighted by atomic mass is 9.81. The van der Waals surface area contributed by atoms with Crippen LogP contribution in [0, 0.1) is 0 Å². The molecule has 1 heterocycles. The number of fused-ring (bicyclic) bond motifs is 5. The van der Waals surface area contributed by atoms with Crippen LogP contribution in [-0.2, 0) is 5.41 Å². The Morgan fingerprint density at radius 1 is 0.345 bits per heavy atom. The summed E-state index contributed by atoms with van der Waals surface area (Å²) in [6.07, 6.45) is 0. The molecule has 260 valence electrons. The van der Waals surface area contributed by atoms with Crippen molar-refractivity contribution in [3.63, 3.8) is 0 Å². The predicted molar refractivity (Wildman–Crippen MR) is 230 cm³/mol.